The van der Waals surface area contributed by atoms with Gasteiger partial charge in [-0.3, -0.25) is 4.79 Å². The first kappa shape index (κ1) is 17.7. The highest BCUT2D eigenvalue weighted by Crippen LogP contribution is 2.29. The Morgan fingerprint density at radius 2 is 1.96 bits per heavy atom. The lowest BCUT2D eigenvalue weighted by Crippen LogP contribution is -2.48. The van der Waals surface area contributed by atoms with Crippen LogP contribution in [0.25, 0.3) is 11.1 Å². The van der Waals surface area contributed by atoms with E-state index in [1.165, 1.54) is 16.9 Å². The average molecular weight is 379 g/mol. The van der Waals surface area contributed by atoms with Gasteiger partial charge in [0.2, 0.25) is 5.95 Å². The van der Waals surface area contributed by atoms with Gasteiger partial charge in [0.25, 0.3) is 5.91 Å². The maximum absolute atomic E-state index is 12.9. The Morgan fingerprint density at radius 1 is 1.19 bits per heavy atom. The van der Waals surface area contributed by atoms with Crippen LogP contribution in [0.2, 0.25) is 0 Å². The number of anilines is 1. The van der Waals surface area contributed by atoms with Gasteiger partial charge in [-0.05, 0) is 42.8 Å². The Labute approximate surface area is 163 Å². The zero-order valence-electron chi connectivity index (χ0n) is 15.3. The van der Waals surface area contributed by atoms with Crippen molar-refractivity contribution in [3.63, 3.8) is 0 Å². The van der Waals surface area contributed by atoms with Crippen LogP contribution in [0, 0.1) is 6.92 Å². The fourth-order valence-electron chi connectivity index (χ4n) is 3.43. The summed E-state index contributed by atoms with van der Waals surface area (Å²) in [7, 11) is 0. The second-order valence-corrected chi connectivity index (χ2v) is 7.75. The highest BCUT2D eigenvalue weighted by atomic mass is 32.1. The highest BCUT2D eigenvalue weighted by Gasteiger charge is 2.24. The lowest BCUT2D eigenvalue weighted by Gasteiger charge is -2.33. The summed E-state index contributed by atoms with van der Waals surface area (Å²) < 4.78 is 0. The van der Waals surface area contributed by atoms with Crippen LogP contribution in [0.3, 0.4) is 0 Å². The lowest BCUT2D eigenvalue weighted by molar-refractivity contribution is 0.0938. The van der Waals surface area contributed by atoms with Crippen molar-refractivity contribution in [3.05, 3.63) is 64.6 Å². The molecule has 138 valence electrons. The SMILES string of the molecule is Cc1ccc(-c2ccsc2C(=O)N[C@H]2CCCN(c3ncccn3)C2)cc1. The summed E-state index contributed by atoms with van der Waals surface area (Å²) in [6.07, 6.45) is 5.49. The Kier molecular flexibility index (Phi) is 5.16. The summed E-state index contributed by atoms with van der Waals surface area (Å²) in [4.78, 5) is 24.5. The van der Waals surface area contributed by atoms with E-state index in [-0.39, 0.29) is 11.9 Å². The molecule has 0 aliphatic carbocycles. The minimum absolute atomic E-state index is 0.00130. The van der Waals surface area contributed by atoms with E-state index in [0.29, 0.717) is 0 Å². The number of piperidine rings is 1. The van der Waals surface area contributed by atoms with Gasteiger partial charge >= 0.3 is 0 Å². The molecular formula is C21H22N4OS. The Bertz CT molecular complexity index is 907. The number of benzene rings is 1. The number of hydrogen-bond acceptors (Lipinski definition) is 5. The van der Waals surface area contributed by atoms with Crippen molar-refractivity contribution in [2.45, 2.75) is 25.8 Å². The smallest absolute Gasteiger partial charge is 0.262 e. The maximum Gasteiger partial charge on any atom is 0.262 e. The molecule has 1 N–H and O–H groups in total. The molecule has 2 aromatic heterocycles. The van der Waals surface area contributed by atoms with Gasteiger partial charge in [-0.15, -0.1) is 11.3 Å². The fourth-order valence-corrected chi connectivity index (χ4v) is 4.25. The average Bonchev–Trinajstić information content (AvgIpc) is 3.19. The third-order valence-electron chi connectivity index (χ3n) is 4.83. The predicted molar refractivity (Wildman–Crippen MR) is 109 cm³/mol. The summed E-state index contributed by atoms with van der Waals surface area (Å²) in [6.45, 7) is 3.72. The van der Waals surface area contributed by atoms with Crippen LogP contribution in [0.4, 0.5) is 5.95 Å². The first-order valence-corrected chi connectivity index (χ1v) is 10.1. The van der Waals surface area contributed by atoms with Crippen LogP contribution in [0.15, 0.2) is 54.2 Å². The summed E-state index contributed by atoms with van der Waals surface area (Å²) in [5.41, 5.74) is 3.29. The molecule has 0 saturated carbocycles. The molecular weight excluding hydrogens is 356 g/mol. The Hall–Kier alpha value is -2.73. The number of amides is 1. The predicted octanol–water partition coefficient (Wildman–Crippen LogP) is 3.91. The number of rotatable bonds is 4. The van der Waals surface area contributed by atoms with Crippen LogP contribution in [-0.4, -0.2) is 35.0 Å². The first-order valence-electron chi connectivity index (χ1n) is 9.18. The minimum atomic E-state index is 0.00130. The molecule has 3 heterocycles. The van der Waals surface area contributed by atoms with Crippen LogP contribution in [0.1, 0.15) is 28.1 Å². The molecule has 1 amide bonds. The molecule has 5 nitrogen and oxygen atoms in total. The van der Waals surface area contributed by atoms with Crippen LogP contribution in [-0.2, 0) is 0 Å². The third-order valence-corrected chi connectivity index (χ3v) is 5.74. The molecule has 6 heteroatoms. The minimum Gasteiger partial charge on any atom is -0.347 e. The number of hydrogen-bond donors (Lipinski definition) is 1. The van der Waals surface area contributed by atoms with Gasteiger partial charge in [0.15, 0.2) is 0 Å². The van der Waals surface area contributed by atoms with E-state index in [1.54, 1.807) is 12.4 Å². The van der Waals surface area contributed by atoms with Crippen LogP contribution >= 0.6 is 11.3 Å². The van der Waals surface area contributed by atoms with E-state index in [2.05, 4.69) is 51.4 Å². The van der Waals surface area contributed by atoms with Crippen molar-refractivity contribution in [1.29, 1.82) is 0 Å². The van der Waals surface area contributed by atoms with E-state index in [0.717, 1.165) is 47.9 Å². The molecule has 0 radical (unpaired) electrons. The van der Waals surface area contributed by atoms with Crippen molar-refractivity contribution in [2.24, 2.45) is 0 Å². The number of carbonyl (C=O) groups is 1. The van der Waals surface area contributed by atoms with E-state index in [9.17, 15) is 4.79 Å². The number of aromatic nitrogens is 2. The summed E-state index contributed by atoms with van der Waals surface area (Å²) in [6, 6.07) is 12.2. The fraction of sp³-hybridized carbons (Fsp3) is 0.286. The van der Waals surface area contributed by atoms with Gasteiger partial charge in [0, 0.05) is 37.1 Å². The molecule has 1 atom stereocenters. The number of thiophene rings is 1. The van der Waals surface area contributed by atoms with Crippen molar-refractivity contribution >= 4 is 23.2 Å². The number of carbonyl (C=O) groups excluding carboxylic acids is 1. The molecule has 0 spiro atoms. The van der Waals surface area contributed by atoms with Gasteiger partial charge in [-0.25, -0.2) is 9.97 Å². The van der Waals surface area contributed by atoms with Crippen LogP contribution in [0.5, 0.6) is 0 Å². The molecule has 1 aliphatic rings. The second-order valence-electron chi connectivity index (χ2n) is 6.84. The second kappa shape index (κ2) is 7.88. The molecule has 1 aromatic carbocycles. The van der Waals surface area contributed by atoms with E-state index in [4.69, 9.17) is 0 Å². The quantitative estimate of drug-likeness (QED) is 0.748. The monoisotopic (exact) mass is 378 g/mol. The molecule has 27 heavy (non-hydrogen) atoms. The molecule has 1 saturated heterocycles. The normalized spacial score (nSPS) is 16.9. The highest BCUT2D eigenvalue weighted by molar-refractivity contribution is 7.12. The molecule has 0 bridgehead atoms. The number of nitrogens with zero attached hydrogens (tertiary/aromatic N) is 3. The first-order chi connectivity index (χ1) is 13.2. The molecule has 1 fully saturated rings. The van der Waals surface area contributed by atoms with Gasteiger partial charge < -0.3 is 10.2 Å². The maximum atomic E-state index is 12.9. The van der Waals surface area contributed by atoms with Crippen molar-refractivity contribution in [3.8, 4) is 11.1 Å². The van der Waals surface area contributed by atoms with E-state index < -0.39 is 0 Å². The largest absolute Gasteiger partial charge is 0.347 e. The number of nitrogens with one attached hydrogen (secondary N) is 1. The summed E-state index contributed by atoms with van der Waals surface area (Å²) >= 11 is 1.49. The van der Waals surface area contributed by atoms with Gasteiger partial charge in [-0.2, -0.15) is 0 Å². The van der Waals surface area contributed by atoms with Gasteiger partial charge in [-0.1, -0.05) is 29.8 Å². The zero-order valence-corrected chi connectivity index (χ0v) is 16.1. The van der Waals surface area contributed by atoms with Crippen molar-refractivity contribution < 1.29 is 4.79 Å². The molecule has 4 rings (SSSR count). The van der Waals surface area contributed by atoms with Crippen molar-refractivity contribution in [1.82, 2.24) is 15.3 Å². The summed E-state index contributed by atoms with van der Waals surface area (Å²) in [5, 5.41) is 5.20. The Balaban J connectivity index is 1.47. The Morgan fingerprint density at radius 3 is 2.74 bits per heavy atom. The summed E-state index contributed by atoms with van der Waals surface area (Å²) in [5.74, 6) is 0.731. The van der Waals surface area contributed by atoms with E-state index >= 15 is 0 Å². The standard InChI is InChI=1S/C21H22N4OS/c1-15-5-7-16(8-6-15)18-9-13-27-19(18)20(26)24-17-4-2-12-25(14-17)21-22-10-3-11-23-21/h3,5-11,13,17H,2,4,12,14H2,1H3,(H,24,26)/t17-/m0/s1. The third kappa shape index (κ3) is 4.01. The molecule has 1 aliphatic heterocycles. The lowest BCUT2D eigenvalue weighted by atomic mass is 10.0. The zero-order chi connectivity index (χ0) is 18.6. The van der Waals surface area contributed by atoms with E-state index in [1.807, 2.05) is 17.5 Å². The van der Waals surface area contributed by atoms with Crippen LogP contribution < -0.4 is 10.2 Å². The molecule has 0 unspecified atom stereocenters. The molecule has 3 aromatic rings. The topological polar surface area (TPSA) is 58.1 Å². The van der Waals surface area contributed by atoms with Crippen molar-refractivity contribution in [2.75, 3.05) is 18.0 Å². The van der Waals surface area contributed by atoms with Gasteiger partial charge in [0.05, 0.1) is 4.88 Å². The number of aryl methyl sites for hydroxylation is 1. The van der Waals surface area contributed by atoms with Gasteiger partial charge in [0.1, 0.15) is 0 Å².